The van der Waals surface area contributed by atoms with Crippen LogP contribution in [0.4, 0.5) is 13.2 Å². The Morgan fingerprint density at radius 3 is 2.30 bits per heavy atom. The molecule has 0 aliphatic carbocycles. The third-order valence-electron chi connectivity index (χ3n) is 3.24. The molecule has 1 aromatic rings. The van der Waals surface area contributed by atoms with E-state index in [1.165, 1.54) is 6.08 Å². The van der Waals surface area contributed by atoms with Crippen LogP contribution in [-0.4, -0.2) is 13.9 Å². The summed E-state index contributed by atoms with van der Waals surface area (Å²) in [7, 11) is -5.26. The van der Waals surface area contributed by atoms with Crippen molar-refractivity contribution in [2.75, 3.05) is 0 Å². The average Bonchev–Trinajstić information content (AvgIpc) is 2.48. The van der Waals surface area contributed by atoms with Gasteiger partial charge in [-0.1, -0.05) is 68.7 Å². The summed E-state index contributed by atoms with van der Waals surface area (Å²) in [6.45, 7) is 2.03. The van der Waals surface area contributed by atoms with Gasteiger partial charge >= 0.3 is 5.51 Å². The SMILES string of the molecule is CCCCCCC(=C/S(=O)(=O)C(F)(F)F)/C=C/c1ccccc1. The van der Waals surface area contributed by atoms with Gasteiger partial charge in [-0.05, 0) is 24.0 Å². The number of halogens is 3. The quantitative estimate of drug-likeness (QED) is 0.461. The fourth-order valence-corrected chi connectivity index (χ4v) is 2.70. The second-order valence-corrected chi connectivity index (χ2v) is 7.03. The van der Waals surface area contributed by atoms with Gasteiger partial charge in [0, 0.05) is 5.41 Å². The number of alkyl halides is 3. The molecule has 0 fully saturated rings. The van der Waals surface area contributed by atoms with Crippen molar-refractivity contribution in [1.29, 1.82) is 0 Å². The Morgan fingerprint density at radius 2 is 1.74 bits per heavy atom. The first-order valence-electron chi connectivity index (χ1n) is 7.51. The summed E-state index contributed by atoms with van der Waals surface area (Å²) in [6, 6.07) is 9.02. The van der Waals surface area contributed by atoms with Gasteiger partial charge in [0.1, 0.15) is 0 Å². The molecule has 0 aliphatic heterocycles. The minimum absolute atomic E-state index is 0.169. The van der Waals surface area contributed by atoms with Gasteiger partial charge in [0.2, 0.25) is 0 Å². The maximum atomic E-state index is 12.5. The Bertz CT molecular complexity index is 630. The van der Waals surface area contributed by atoms with Crippen molar-refractivity contribution in [3.8, 4) is 0 Å². The minimum atomic E-state index is -5.26. The van der Waals surface area contributed by atoms with Gasteiger partial charge in [-0.15, -0.1) is 0 Å². The second kappa shape index (κ2) is 8.91. The minimum Gasteiger partial charge on any atom is -0.215 e. The van der Waals surface area contributed by atoms with Gasteiger partial charge in [-0.2, -0.15) is 13.2 Å². The highest BCUT2D eigenvalue weighted by Crippen LogP contribution is 2.27. The van der Waals surface area contributed by atoms with Crippen LogP contribution in [0.2, 0.25) is 0 Å². The van der Waals surface area contributed by atoms with E-state index in [0.29, 0.717) is 18.2 Å². The molecule has 23 heavy (non-hydrogen) atoms. The maximum absolute atomic E-state index is 12.5. The van der Waals surface area contributed by atoms with E-state index in [9.17, 15) is 21.6 Å². The van der Waals surface area contributed by atoms with E-state index in [4.69, 9.17) is 0 Å². The molecule has 128 valence electrons. The summed E-state index contributed by atoms with van der Waals surface area (Å²) in [6.07, 6.45) is 6.87. The third-order valence-corrected chi connectivity index (χ3v) is 4.50. The van der Waals surface area contributed by atoms with Gasteiger partial charge in [-0.3, -0.25) is 0 Å². The lowest BCUT2D eigenvalue weighted by molar-refractivity contribution is -0.0423. The summed E-state index contributed by atoms with van der Waals surface area (Å²) >= 11 is 0. The van der Waals surface area contributed by atoms with Gasteiger partial charge in [0.15, 0.2) is 0 Å². The summed E-state index contributed by atoms with van der Waals surface area (Å²) in [5, 5.41) is 0.346. The number of sulfone groups is 1. The highest BCUT2D eigenvalue weighted by atomic mass is 32.2. The second-order valence-electron chi connectivity index (χ2n) is 5.24. The molecule has 0 saturated carbocycles. The highest BCUT2D eigenvalue weighted by molar-refractivity contribution is 7.95. The molecule has 0 saturated heterocycles. The monoisotopic (exact) mass is 346 g/mol. The maximum Gasteiger partial charge on any atom is 0.501 e. The van der Waals surface area contributed by atoms with Gasteiger partial charge in [-0.25, -0.2) is 8.42 Å². The lowest BCUT2D eigenvalue weighted by atomic mass is 10.1. The van der Waals surface area contributed by atoms with Crippen molar-refractivity contribution in [1.82, 2.24) is 0 Å². The lowest BCUT2D eigenvalue weighted by Crippen LogP contribution is -2.20. The van der Waals surface area contributed by atoms with Crippen LogP contribution in [0.1, 0.15) is 44.6 Å². The molecule has 0 radical (unpaired) electrons. The van der Waals surface area contributed by atoms with Crippen molar-refractivity contribution >= 4 is 15.9 Å². The Morgan fingerprint density at radius 1 is 1.09 bits per heavy atom. The molecule has 0 aliphatic rings. The highest BCUT2D eigenvalue weighted by Gasteiger charge is 2.44. The summed E-state index contributed by atoms with van der Waals surface area (Å²) in [4.78, 5) is 0. The van der Waals surface area contributed by atoms with E-state index in [0.717, 1.165) is 24.8 Å². The van der Waals surface area contributed by atoms with Crippen LogP contribution >= 0.6 is 0 Å². The Labute approximate surface area is 135 Å². The first-order chi connectivity index (χ1) is 10.8. The van der Waals surface area contributed by atoms with E-state index in [1.807, 2.05) is 13.0 Å². The van der Waals surface area contributed by atoms with Gasteiger partial charge < -0.3 is 0 Å². The predicted octanol–water partition coefficient (Wildman–Crippen LogP) is 5.49. The molecule has 0 amide bonds. The molecule has 0 unspecified atom stereocenters. The Kier molecular flexibility index (Phi) is 7.55. The smallest absolute Gasteiger partial charge is 0.215 e. The molecule has 0 atom stereocenters. The zero-order valence-electron chi connectivity index (χ0n) is 13.0. The number of rotatable bonds is 8. The molecule has 1 aromatic carbocycles. The zero-order valence-corrected chi connectivity index (χ0v) is 13.8. The average molecular weight is 346 g/mol. The molecular formula is C17H21F3O2S. The molecule has 1 rings (SSSR count). The van der Waals surface area contributed by atoms with Crippen LogP contribution < -0.4 is 0 Å². The normalized spacial score (nSPS) is 13.7. The van der Waals surface area contributed by atoms with Crippen LogP contribution in [0.5, 0.6) is 0 Å². The van der Waals surface area contributed by atoms with Gasteiger partial charge in [0.05, 0.1) is 0 Å². The fourth-order valence-electron chi connectivity index (χ4n) is 1.97. The number of unbranched alkanes of at least 4 members (excludes halogenated alkanes) is 3. The van der Waals surface area contributed by atoms with Crippen LogP contribution in [0.15, 0.2) is 47.4 Å². The van der Waals surface area contributed by atoms with Crippen LogP contribution in [0.3, 0.4) is 0 Å². The fraction of sp³-hybridized carbons (Fsp3) is 0.412. The summed E-state index contributed by atoms with van der Waals surface area (Å²) < 4.78 is 60.3. The first-order valence-corrected chi connectivity index (χ1v) is 9.06. The number of hydrogen-bond donors (Lipinski definition) is 0. The van der Waals surface area contributed by atoms with Crippen molar-refractivity contribution in [2.45, 2.75) is 44.5 Å². The number of benzene rings is 1. The van der Waals surface area contributed by atoms with Gasteiger partial charge in [0.25, 0.3) is 9.84 Å². The van der Waals surface area contributed by atoms with E-state index in [2.05, 4.69) is 0 Å². The topological polar surface area (TPSA) is 34.1 Å². The molecule has 0 heterocycles. The standard InChI is InChI=1S/C17H21F3O2S/c1-2-3-4-6-11-16(14-23(21,22)17(18,19)20)13-12-15-9-7-5-8-10-15/h5,7-10,12-14H,2-4,6,11H2,1H3/b13-12+,16-14-. The number of allylic oxidation sites excluding steroid dienone is 2. The predicted molar refractivity (Wildman–Crippen MR) is 87.3 cm³/mol. The molecule has 0 N–H and O–H groups in total. The molecule has 0 bridgehead atoms. The van der Waals surface area contributed by atoms with E-state index >= 15 is 0 Å². The number of hydrogen-bond acceptors (Lipinski definition) is 2. The van der Waals surface area contributed by atoms with Crippen LogP contribution in [0, 0.1) is 0 Å². The van der Waals surface area contributed by atoms with Crippen LogP contribution in [0.25, 0.3) is 6.08 Å². The largest absolute Gasteiger partial charge is 0.501 e. The van der Waals surface area contributed by atoms with E-state index < -0.39 is 15.3 Å². The molecular weight excluding hydrogens is 325 g/mol. The van der Waals surface area contributed by atoms with Crippen molar-refractivity contribution in [3.63, 3.8) is 0 Å². The third kappa shape index (κ3) is 7.03. The Hall–Kier alpha value is -1.56. The summed E-state index contributed by atoms with van der Waals surface area (Å²) in [5.41, 5.74) is -4.29. The van der Waals surface area contributed by atoms with Crippen molar-refractivity contribution in [2.24, 2.45) is 0 Å². The Balaban J connectivity index is 2.95. The van der Waals surface area contributed by atoms with Crippen LogP contribution in [-0.2, 0) is 9.84 Å². The van der Waals surface area contributed by atoms with E-state index in [1.54, 1.807) is 30.3 Å². The first kappa shape index (κ1) is 19.5. The lowest BCUT2D eigenvalue weighted by Gasteiger charge is -2.07. The summed E-state index contributed by atoms with van der Waals surface area (Å²) in [5.74, 6) is 0. The molecule has 2 nitrogen and oxygen atoms in total. The molecule has 0 spiro atoms. The van der Waals surface area contributed by atoms with Crippen molar-refractivity contribution in [3.05, 3.63) is 53.0 Å². The zero-order chi connectivity index (χ0) is 17.3. The molecule has 6 heteroatoms. The van der Waals surface area contributed by atoms with E-state index in [-0.39, 0.29) is 5.57 Å². The molecule has 0 aromatic heterocycles. The van der Waals surface area contributed by atoms with Crippen molar-refractivity contribution < 1.29 is 21.6 Å².